The molecule has 0 bridgehead atoms. The van der Waals surface area contributed by atoms with E-state index >= 15 is 0 Å². The second kappa shape index (κ2) is 6.52. The molecule has 1 unspecified atom stereocenters. The van der Waals surface area contributed by atoms with Gasteiger partial charge in [0.2, 0.25) is 0 Å². The zero-order chi connectivity index (χ0) is 14.5. The molecule has 0 amide bonds. The van der Waals surface area contributed by atoms with Gasteiger partial charge in [-0.25, -0.2) is 9.67 Å². The predicted molar refractivity (Wildman–Crippen MR) is 78.2 cm³/mol. The first-order chi connectivity index (χ1) is 9.58. The van der Waals surface area contributed by atoms with Crippen LogP contribution in [0, 0.1) is 5.92 Å². The van der Waals surface area contributed by atoms with Gasteiger partial charge in [0, 0.05) is 18.2 Å². The Balaban J connectivity index is 2.08. The van der Waals surface area contributed by atoms with Gasteiger partial charge in [0.1, 0.15) is 18.7 Å². The van der Waals surface area contributed by atoms with Gasteiger partial charge in [0.05, 0.1) is 0 Å². The van der Waals surface area contributed by atoms with Gasteiger partial charge in [-0.05, 0) is 18.9 Å². The smallest absolute Gasteiger partial charge is 0.164 e. The number of para-hydroxylation sites is 1. The average Bonchev–Trinajstić information content (AvgIpc) is 2.83. The normalized spacial score (nSPS) is 12.7. The molecular formula is C15H22N4O. The third-order valence-electron chi connectivity index (χ3n) is 3.00. The largest absolute Gasteiger partial charge is 0.485 e. The number of rotatable bonds is 6. The molecule has 0 aliphatic rings. The third kappa shape index (κ3) is 3.57. The number of hydrogen-bond acceptors (Lipinski definition) is 4. The van der Waals surface area contributed by atoms with Crippen LogP contribution >= 0.6 is 0 Å². The van der Waals surface area contributed by atoms with Gasteiger partial charge in [-0.1, -0.05) is 32.0 Å². The highest BCUT2D eigenvalue weighted by molar-refractivity contribution is 5.35. The van der Waals surface area contributed by atoms with Gasteiger partial charge in [0.25, 0.3) is 0 Å². The monoisotopic (exact) mass is 274 g/mol. The van der Waals surface area contributed by atoms with Crippen molar-refractivity contribution in [1.29, 1.82) is 0 Å². The maximum Gasteiger partial charge on any atom is 0.164 e. The van der Waals surface area contributed by atoms with Crippen LogP contribution in [0.2, 0.25) is 0 Å². The SMILES string of the molecule is CC(C)Cn1ncnc1COc1ccccc1C(C)N. The molecule has 1 heterocycles. The van der Waals surface area contributed by atoms with Crippen LogP contribution < -0.4 is 10.5 Å². The highest BCUT2D eigenvalue weighted by atomic mass is 16.5. The molecule has 0 spiro atoms. The van der Waals surface area contributed by atoms with Crippen LogP contribution in [0.1, 0.15) is 38.2 Å². The summed E-state index contributed by atoms with van der Waals surface area (Å²) < 4.78 is 7.75. The first-order valence-electron chi connectivity index (χ1n) is 6.92. The highest BCUT2D eigenvalue weighted by Gasteiger charge is 2.10. The summed E-state index contributed by atoms with van der Waals surface area (Å²) >= 11 is 0. The van der Waals surface area contributed by atoms with Crippen molar-refractivity contribution in [1.82, 2.24) is 14.8 Å². The highest BCUT2D eigenvalue weighted by Crippen LogP contribution is 2.23. The Bertz CT molecular complexity index is 548. The summed E-state index contributed by atoms with van der Waals surface area (Å²) in [5, 5.41) is 4.23. The van der Waals surface area contributed by atoms with Crippen LogP contribution in [0.3, 0.4) is 0 Å². The number of ether oxygens (including phenoxy) is 1. The fraction of sp³-hybridized carbons (Fsp3) is 0.467. The molecule has 0 aliphatic heterocycles. The Hall–Kier alpha value is -1.88. The molecule has 5 heteroatoms. The lowest BCUT2D eigenvalue weighted by Gasteiger charge is -2.14. The number of hydrogen-bond donors (Lipinski definition) is 1. The van der Waals surface area contributed by atoms with Gasteiger partial charge in [-0.2, -0.15) is 5.10 Å². The van der Waals surface area contributed by atoms with E-state index in [9.17, 15) is 0 Å². The lowest BCUT2D eigenvalue weighted by molar-refractivity contribution is 0.279. The van der Waals surface area contributed by atoms with Gasteiger partial charge in [-0.3, -0.25) is 0 Å². The van der Waals surface area contributed by atoms with E-state index in [-0.39, 0.29) is 6.04 Å². The van der Waals surface area contributed by atoms with Crippen LogP contribution in [0.5, 0.6) is 5.75 Å². The summed E-state index contributed by atoms with van der Waals surface area (Å²) in [5.41, 5.74) is 6.95. The van der Waals surface area contributed by atoms with E-state index in [0.717, 1.165) is 23.7 Å². The summed E-state index contributed by atoms with van der Waals surface area (Å²) in [7, 11) is 0. The molecule has 0 fully saturated rings. The summed E-state index contributed by atoms with van der Waals surface area (Å²) in [6.45, 7) is 7.49. The van der Waals surface area contributed by atoms with E-state index in [1.165, 1.54) is 0 Å². The van der Waals surface area contributed by atoms with E-state index < -0.39 is 0 Å². The van der Waals surface area contributed by atoms with Crippen molar-refractivity contribution in [3.05, 3.63) is 42.0 Å². The minimum absolute atomic E-state index is 0.0558. The molecule has 5 nitrogen and oxygen atoms in total. The summed E-state index contributed by atoms with van der Waals surface area (Å²) in [5.74, 6) is 2.16. The number of nitrogens with two attached hydrogens (primary N) is 1. The Morgan fingerprint density at radius 2 is 2.00 bits per heavy atom. The fourth-order valence-electron chi connectivity index (χ4n) is 2.03. The average molecular weight is 274 g/mol. The van der Waals surface area contributed by atoms with Crippen LogP contribution in [0.15, 0.2) is 30.6 Å². The topological polar surface area (TPSA) is 66.0 Å². The molecule has 1 aromatic heterocycles. The number of benzene rings is 1. The van der Waals surface area contributed by atoms with E-state index in [0.29, 0.717) is 12.5 Å². The number of nitrogens with zero attached hydrogens (tertiary/aromatic N) is 3. The van der Waals surface area contributed by atoms with Crippen molar-refractivity contribution in [2.24, 2.45) is 11.7 Å². The van der Waals surface area contributed by atoms with Gasteiger partial charge in [-0.15, -0.1) is 0 Å². The molecule has 1 aromatic carbocycles. The Labute approximate surface area is 119 Å². The first kappa shape index (κ1) is 14.5. The second-order valence-corrected chi connectivity index (χ2v) is 5.37. The third-order valence-corrected chi connectivity index (χ3v) is 3.00. The van der Waals surface area contributed by atoms with E-state index in [2.05, 4.69) is 23.9 Å². The van der Waals surface area contributed by atoms with Crippen molar-refractivity contribution in [2.45, 2.75) is 40.0 Å². The van der Waals surface area contributed by atoms with Crippen molar-refractivity contribution in [3.63, 3.8) is 0 Å². The summed E-state index contributed by atoms with van der Waals surface area (Å²) in [6, 6.07) is 7.77. The van der Waals surface area contributed by atoms with E-state index in [1.807, 2.05) is 35.9 Å². The Morgan fingerprint density at radius 3 is 2.70 bits per heavy atom. The summed E-state index contributed by atoms with van der Waals surface area (Å²) in [6.07, 6.45) is 1.57. The maximum atomic E-state index is 5.95. The maximum absolute atomic E-state index is 5.95. The summed E-state index contributed by atoms with van der Waals surface area (Å²) in [4.78, 5) is 4.25. The standard InChI is InChI=1S/C15H22N4O/c1-11(2)8-19-15(17-10-18-19)9-20-14-7-5-4-6-13(14)12(3)16/h4-7,10-12H,8-9,16H2,1-3H3. The van der Waals surface area contributed by atoms with Crippen molar-refractivity contribution >= 4 is 0 Å². The van der Waals surface area contributed by atoms with E-state index in [4.69, 9.17) is 10.5 Å². The molecule has 2 N–H and O–H groups in total. The molecule has 2 rings (SSSR count). The first-order valence-corrected chi connectivity index (χ1v) is 6.92. The lowest BCUT2D eigenvalue weighted by Crippen LogP contribution is -2.13. The van der Waals surface area contributed by atoms with Gasteiger partial charge >= 0.3 is 0 Å². The predicted octanol–water partition coefficient (Wildman–Crippen LogP) is 2.53. The molecule has 2 aromatic rings. The van der Waals surface area contributed by atoms with Crippen LogP contribution in [-0.4, -0.2) is 14.8 Å². The second-order valence-electron chi connectivity index (χ2n) is 5.37. The van der Waals surface area contributed by atoms with Gasteiger partial charge < -0.3 is 10.5 Å². The molecule has 0 aliphatic carbocycles. The fourth-order valence-corrected chi connectivity index (χ4v) is 2.03. The quantitative estimate of drug-likeness (QED) is 0.879. The zero-order valence-electron chi connectivity index (χ0n) is 12.3. The molecule has 20 heavy (non-hydrogen) atoms. The van der Waals surface area contributed by atoms with Crippen LogP contribution in [0.25, 0.3) is 0 Å². The zero-order valence-corrected chi connectivity index (χ0v) is 12.3. The molecule has 108 valence electrons. The molecule has 1 atom stereocenters. The minimum Gasteiger partial charge on any atom is -0.485 e. The van der Waals surface area contributed by atoms with Crippen molar-refractivity contribution in [3.8, 4) is 5.75 Å². The van der Waals surface area contributed by atoms with Crippen LogP contribution in [0.4, 0.5) is 0 Å². The lowest BCUT2D eigenvalue weighted by atomic mass is 10.1. The molecule has 0 saturated heterocycles. The Morgan fingerprint density at radius 1 is 1.25 bits per heavy atom. The van der Waals surface area contributed by atoms with Crippen molar-refractivity contribution < 1.29 is 4.74 Å². The van der Waals surface area contributed by atoms with Gasteiger partial charge in [0.15, 0.2) is 5.82 Å². The molecule has 0 saturated carbocycles. The Kier molecular flexibility index (Phi) is 4.74. The number of aromatic nitrogens is 3. The van der Waals surface area contributed by atoms with Crippen LogP contribution in [-0.2, 0) is 13.2 Å². The van der Waals surface area contributed by atoms with Crippen molar-refractivity contribution in [2.75, 3.05) is 0 Å². The van der Waals surface area contributed by atoms with E-state index in [1.54, 1.807) is 6.33 Å². The molecule has 0 radical (unpaired) electrons. The minimum atomic E-state index is -0.0558. The molecular weight excluding hydrogens is 252 g/mol.